The lowest BCUT2D eigenvalue weighted by atomic mass is 9.97. The Morgan fingerprint density at radius 3 is 2.82 bits per heavy atom. The summed E-state index contributed by atoms with van der Waals surface area (Å²) < 4.78 is 32.3. The smallest absolute Gasteiger partial charge is 0.317 e. The Bertz CT molecular complexity index is 763. The molecule has 28 heavy (non-hydrogen) atoms. The number of benzene rings is 1. The molecule has 1 aliphatic heterocycles. The number of ether oxygens (including phenoxy) is 1. The summed E-state index contributed by atoms with van der Waals surface area (Å²) in [5, 5.41) is 11.8. The number of nitrogens with one attached hydrogen (secondary N) is 1. The Kier molecular flexibility index (Phi) is 5.85. The minimum atomic E-state index is -0.918. The van der Waals surface area contributed by atoms with Crippen LogP contribution in [0.3, 0.4) is 0 Å². The third-order valence-corrected chi connectivity index (χ3v) is 5.46. The van der Waals surface area contributed by atoms with Crippen molar-refractivity contribution in [1.82, 2.24) is 15.1 Å². The number of carbonyl (C=O) groups excluding carboxylic acids is 1. The second-order valence-corrected chi connectivity index (χ2v) is 7.78. The normalized spacial score (nSPS) is 27.0. The van der Waals surface area contributed by atoms with Gasteiger partial charge in [-0.15, -0.1) is 0 Å². The topological polar surface area (TPSA) is 82.1 Å². The molecule has 7 nitrogen and oxygen atoms in total. The second kappa shape index (κ2) is 8.00. The fourth-order valence-electron chi connectivity index (χ4n) is 3.64. The van der Waals surface area contributed by atoms with Crippen LogP contribution in [0.25, 0.3) is 0 Å². The molecule has 1 aromatic carbocycles. The Labute approximate surface area is 162 Å². The van der Waals surface area contributed by atoms with Crippen molar-refractivity contribution in [1.29, 1.82) is 0 Å². The van der Waals surface area contributed by atoms with Crippen LogP contribution in [-0.4, -0.2) is 78.9 Å². The molecule has 0 radical (unpaired) electrons. The fraction of sp³-hybridized carbons (Fsp3) is 0.579. The Hall–Kier alpha value is -2.26. The number of carboxylic acid groups (broad SMARTS) is 1. The number of likely N-dealkylation sites (N-methyl/N-ethyl adjacent to an activating group) is 1. The van der Waals surface area contributed by atoms with Gasteiger partial charge >= 0.3 is 12.0 Å². The standard InChI is InChI=1S/C19H25F2N3O4/c1-19(12-3-4-14(20)15(21)7-12)8-16(19)22-18(27)24-5-6-28-13(10-24)9-23(2)11-17(25)26/h3-4,7,13,16H,5-6,8-11H2,1-2H3,(H,22,27)(H,25,26). The van der Waals surface area contributed by atoms with E-state index in [1.165, 1.54) is 6.07 Å². The van der Waals surface area contributed by atoms with E-state index in [2.05, 4.69) is 5.32 Å². The number of hydrogen-bond donors (Lipinski definition) is 2. The SMILES string of the molecule is CN(CC(=O)O)CC1CN(C(=O)NC2CC2(C)c2ccc(F)c(F)c2)CCO1. The van der Waals surface area contributed by atoms with E-state index < -0.39 is 23.0 Å². The van der Waals surface area contributed by atoms with Gasteiger partial charge in [0.1, 0.15) is 0 Å². The highest BCUT2D eigenvalue weighted by atomic mass is 19.2. The summed E-state index contributed by atoms with van der Waals surface area (Å²) >= 11 is 0. The number of urea groups is 1. The van der Waals surface area contributed by atoms with E-state index in [0.29, 0.717) is 38.2 Å². The molecule has 3 atom stereocenters. The monoisotopic (exact) mass is 397 g/mol. The highest BCUT2D eigenvalue weighted by Crippen LogP contribution is 2.48. The molecule has 3 unspecified atom stereocenters. The van der Waals surface area contributed by atoms with E-state index in [9.17, 15) is 18.4 Å². The van der Waals surface area contributed by atoms with Crippen LogP contribution in [-0.2, 0) is 14.9 Å². The van der Waals surface area contributed by atoms with Crippen LogP contribution in [0, 0.1) is 11.6 Å². The molecule has 3 rings (SSSR count). The highest BCUT2D eigenvalue weighted by molar-refractivity contribution is 5.75. The van der Waals surface area contributed by atoms with E-state index in [1.54, 1.807) is 22.9 Å². The van der Waals surface area contributed by atoms with E-state index in [1.807, 2.05) is 6.92 Å². The first kappa shape index (κ1) is 20.5. The predicted octanol–water partition coefficient (Wildman–Crippen LogP) is 1.42. The van der Waals surface area contributed by atoms with Gasteiger partial charge in [-0.05, 0) is 31.2 Å². The molecule has 1 aromatic rings. The molecular formula is C19H25F2N3O4. The van der Waals surface area contributed by atoms with Crippen LogP contribution >= 0.6 is 0 Å². The third kappa shape index (κ3) is 4.59. The van der Waals surface area contributed by atoms with Gasteiger partial charge in [0.2, 0.25) is 0 Å². The largest absolute Gasteiger partial charge is 0.480 e. The van der Waals surface area contributed by atoms with Gasteiger partial charge in [0.25, 0.3) is 0 Å². The Morgan fingerprint density at radius 1 is 1.39 bits per heavy atom. The summed E-state index contributed by atoms with van der Waals surface area (Å²) in [5.41, 5.74) is 0.240. The van der Waals surface area contributed by atoms with E-state index in [0.717, 1.165) is 6.07 Å². The lowest BCUT2D eigenvalue weighted by Crippen LogP contribution is -2.53. The van der Waals surface area contributed by atoms with Crippen LogP contribution in [0.2, 0.25) is 0 Å². The molecule has 0 spiro atoms. The number of halogens is 2. The molecule has 2 aliphatic rings. The first-order valence-corrected chi connectivity index (χ1v) is 9.22. The number of nitrogens with zero attached hydrogens (tertiary/aromatic N) is 2. The zero-order valence-electron chi connectivity index (χ0n) is 16.0. The predicted molar refractivity (Wildman–Crippen MR) is 97.1 cm³/mol. The molecule has 2 N–H and O–H groups in total. The zero-order chi connectivity index (χ0) is 20.5. The average Bonchev–Trinajstić information content (AvgIpc) is 3.27. The number of aliphatic carboxylic acids is 1. The molecule has 0 bridgehead atoms. The van der Waals surface area contributed by atoms with Gasteiger partial charge in [0.15, 0.2) is 11.6 Å². The molecular weight excluding hydrogens is 372 g/mol. The summed E-state index contributed by atoms with van der Waals surface area (Å²) in [5.74, 6) is -2.70. The van der Waals surface area contributed by atoms with Crippen LogP contribution < -0.4 is 5.32 Å². The summed E-state index contributed by atoms with van der Waals surface area (Å²) in [7, 11) is 1.69. The zero-order valence-corrected chi connectivity index (χ0v) is 16.0. The minimum absolute atomic E-state index is 0.0965. The molecule has 9 heteroatoms. The fourth-order valence-corrected chi connectivity index (χ4v) is 3.64. The molecule has 2 fully saturated rings. The first-order chi connectivity index (χ1) is 13.2. The van der Waals surface area contributed by atoms with Gasteiger partial charge in [-0.3, -0.25) is 9.69 Å². The lowest BCUT2D eigenvalue weighted by molar-refractivity contribution is -0.138. The van der Waals surface area contributed by atoms with Crippen molar-refractivity contribution in [2.45, 2.75) is 30.9 Å². The average molecular weight is 397 g/mol. The van der Waals surface area contributed by atoms with Crippen molar-refractivity contribution in [3.63, 3.8) is 0 Å². The van der Waals surface area contributed by atoms with Crippen LogP contribution in [0.15, 0.2) is 18.2 Å². The number of hydrogen-bond acceptors (Lipinski definition) is 4. The van der Waals surface area contributed by atoms with Gasteiger partial charge in [-0.2, -0.15) is 0 Å². The van der Waals surface area contributed by atoms with Gasteiger partial charge < -0.3 is 20.1 Å². The molecule has 1 saturated heterocycles. The third-order valence-electron chi connectivity index (χ3n) is 5.46. The van der Waals surface area contributed by atoms with Crippen molar-refractivity contribution in [3.05, 3.63) is 35.4 Å². The molecule has 1 saturated carbocycles. The Balaban J connectivity index is 1.53. The summed E-state index contributed by atoms with van der Waals surface area (Å²) in [6, 6.07) is 3.46. The number of rotatable bonds is 6. The number of carboxylic acids is 1. The minimum Gasteiger partial charge on any atom is -0.480 e. The number of amides is 2. The molecule has 1 aliphatic carbocycles. The van der Waals surface area contributed by atoms with Crippen LogP contribution in [0.1, 0.15) is 18.9 Å². The maximum absolute atomic E-state index is 13.5. The quantitative estimate of drug-likeness (QED) is 0.759. The number of carbonyl (C=O) groups is 2. The molecule has 154 valence electrons. The van der Waals surface area contributed by atoms with Crippen molar-refractivity contribution < 1.29 is 28.2 Å². The van der Waals surface area contributed by atoms with E-state index in [-0.39, 0.29) is 24.7 Å². The molecule has 0 aromatic heterocycles. The van der Waals surface area contributed by atoms with Crippen molar-refractivity contribution in [2.24, 2.45) is 0 Å². The van der Waals surface area contributed by atoms with Crippen LogP contribution in [0.4, 0.5) is 13.6 Å². The molecule has 1 heterocycles. The van der Waals surface area contributed by atoms with Crippen molar-refractivity contribution in [3.8, 4) is 0 Å². The van der Waals surface area contributed by atoms with Gasteiger partial charge in [0, 0.05) is 31.1 Å². The van der Waals surface area contributed by atoms with Gasteiger partial charge in [-0.25, -0.2) is 13.6 Å². The van der Waals surface area contributed by atoms with Crippen molar-refractivity contribution in [2.75, 3.05) is 39.8 Å². The number of morpholine rings is 1. The Morgan fingerprint density at radius 2 is 2.14 bits per heavy atom. The lowest BCUT2D eigenvalue weighted by Gasteiger charge is -2.34. The summed E-state index contributed by atoms with van der Waals surface area (Å²) in [6.07, 6.45) is 0.388. The summed E-state index contributed by atoms with van der Waals surface area (Å²) in [4.78, 5) is 26.7. The van der Waals surface area contributed by atoms with E-state index >= 15 is 0 Å². The summed E-state index contributed by atoms with van der Waals surface area (Å²) in [6.45, 7) is 3.41. The highest BCUT2D eigenvalue weighted by Gasteiger charge is 2.52. The first-order valence-electron chi connectivity index (χ1n) is 9.22. The molecule has 2 amide bonds. The van der Waals surface area contributed by atoms with Gasteiger partial charge in [0.05, 0.1) is 19.3 Å². The van der Waals surface area contributed by atoms with Crippen molar-refractivity contribution >= 4 is 12.0 Å². The maximum atomic E-state index is 13.5. The van der Waals surface area contributed by atoms with Gasteiger partial charge in [-0.1, -0.05) is 13.0 Å². The van der Waals surface area contributed by atoms with E-state index in [4.69, 9.17) is 9.84 Å². The second-order valence-electron chi connectivity index (χ2n) is 7.78. The van der Waals surface area contributed by atoms with Crippen LogP contribution in [0.5, 0.6) is 0 Å². The maximum Gasteiger partial charge on any atom is 0.317 e.